The number of ether oxygens (including phenoxy) is 4. The second-order valence-corrected chi connectivity index (χ2v) is 49.6. The zero-order valence-corrected chi connectivity index (χ0v) is 82.5. The maximum absolute atomic E-state index is 7.58. The normalized spacial score (nSPS) is 11.9. The number of nitrogens with one attached hydrogen (secondary N) is 2. The Kier molecular flexibility index (Phi) is 27.7. The van der Waals surface area contributed by atoms with E-state index in [1.54, 1.807) is 0 Å². The molecule has 8 bridgehead atoms. The van der Waals surface area contributed by atoms with Gasteiger partial charge in [-0.05, 0) is 170 Å². The van der Waals surface area contributed by atoms with Crippen LogP contribution >= 0.6 is 28.2 Å². The Morgan fingerprint density at radius 1 is 0.201 bits per heavy atom. The van der Waals surface area contributed by atoms with Crippen LogP contribution in [0, 0.1) is 0 Å². The molecule has 15 aromatic carbocycles. The van der Waals surface area contributed by atoms with Crippen LogP contribution in [-0.4, -0.2) is 124 Å². The summed E-state index contributed by atoms with van der Waals surface area (Å²) in [6, 6.07) is 163. The molecule has 0 radical (unpaired) electrons. The van der Waals surface area contributed by atoms with Crippen LogP contribution in [0.3, 0.4) is 0 Å². The van der Waals surface area contributed by atoms with Crippen LogP contribution in [0.1, 0.15) is 22.8 Å². The van der Waals surface area contributed by atoms with Crippen molar-refractivity contribution in [3.8, 4) is 67.5 Å². The van der Waals surface area contributed by atoms with Crippen LogP contribution in [0.5, 0.6) is 23.0 Å². The van der Waals surface area contributed by atoms with Gasteiger partial charge in [-0.1, -0.05) is 273 Å². The predicted molar refractivity (Wildman–Crippen MR) is 587 cm³/mol. The predicted octanol–water partition coefficient (Wildman–Crippen LogP) is 26.4. The highest BCUT2D eigenvalue weighted by Gasteiger charge is 2.40. The van der Waals surface area contributed by atoms with Crippen molar-refractivity contribution in [3.05, 3.63) is 478 Å². The van der Waals surface area contributed by atoms with Crippen molar-refractivity contribution in [1.82, 2.24) is 19.9 Å². The second-order valence-electron chi connectivity index (χ2n) is 35.0. The van der Waals surface area contributed by atoms with E-state index >= 15 is 0 Å². The molecule has 0 unspecified atom stereocenters. The number of fused-ring (bicyclic) bond motifs is 8. The van der Waals surface area contributed by atoms with E-state index in [4.69, 9.17) is 28.9 Å². The Morgan fingerprint density at radius 2 is 0.374 bits per heavy atom. The highest BCUT2D eigenvalue weighted by Crippen LogP contribution is 2.54. The summed E-state index contributed by atoms with van der Waals surface area (Å²) in [5.41, 5.74) is 16.3. The molecular weight excluding hydrogens is 1780 g/mol. The number of hydrogen-bond donors (Lipinski definition) is 2. The van der Waals surface area contributed by atoms with Crippen LogP contribution in [0.25, 0.3) is 90.9 Å². The Morgan fingerprint density at radius 3 is 0.576 bits per heavy atom. The first kappa shape index (κ1) is 91.8. The Hall–Kier alpha value is -15.0. The van der Waals surface area contributed by atoms with Crippen LogP contribution in [-0.2, 0) is 0 Å². The van der Waals surface area contributed by atoms with Crippen molar-refractivity contribution >= 4 is 134 Å². The molecule has 12 nitrogen and oxygen atoms in total. The van der Waals surface area contributed by atoms with E-state index < -0.39 is 28.2 Å². The minimum absolute atomic E-state index is 0.374. The lowest BCUT2D eigenvalue weighted by Gasteiger charge is -2.25. The molecule has 0 aliphatic carbocycles. The maximum atomic E-state index is 7.58. The summed E-state index contributed by atoms with van der Waals surface area (Å²) < 4.78 is 40.2. The lowest BCUT2D eigenvalue weighted by atomic mass is 10.0. The lowest BCUT2D eigenvalue weighted by Crippen LogP contribution is -2.27. The molecule has 0 amide bonds. The van der Waals surface area contributed by atoms with Gasteiger partial charge in [0.1, 0.15) is 58.2 Å². The van der Waals surface area contributed by atoms with Crippen molar-refractivity contribution in [2.24, 2.45) is 0 Å². The van der Waals surface area contributed by atoms with Gasteiger partial charge in [-0.2, -0.15) is 0 Å². The zero-order valence-electron chi connectivity index (χ0n) is 78.9. The molecule has 2 aliphatic heterocycles. The molecule has 16 heteroatoms. The van der Waals surface area contributed by atoms with Gasteiger partial charge in [-0.3, -0.25) is 4.33 Å². The molecule has 18 aromatic rings. The molecule has 139 heavy (non-hydrogen) atoms. The van der Waals surface area contributed by atoms with Gasteiger partial charge in [0.2, 0.25) is 17.1 Å². The van der Waals surface area contributed by atoms with Gasteiger partial charge in [-0.25, -0.2) is 23.0 Å². The summed E-state index contributed by atoms with van der Waals surface area (Å²) in [6.07, 6.45) is 11.5. The standard InChI is InChI=1S/C123H112N8O4P4/c1-128(2)136(96-53-23-9-24-54-96,97-55-25-10-26-56-97)89-85-132-116-73-43-39-69-104(116)120-108-77-79-110(124-108)121(105-70-40-44-74-117(105)133-86-90-137(98-57-27-11-28-58-98,99-59-29-12-30-60-99)129(3)93-47-17-6-18-48-93)112-81-83-114(126-112)123(107-72-42-46-76-119(107)135-88-92-139(102-65-35-15-36-66-102,103-67-37-16-38-68-103)131(5)95-51-21-8-22-52-95)115-84-82-113(127-115)122(111-80-78-109(120)125-111)106-71-41-45-75-118(106)134-87-91-138(100-61-31-13-32-62-100,101-63-33-14-34-64-101)130(4)94-49-19-7-20-50-94/h6-84,124,127H,85-92H2,1-5H3/q+4. The van der Waals surface area contributed by atoms with Crippen molar-refractivity contribution < 1.29 is 36.3 Å². The van der Waals surface area contributed by atoms with Gasteiger partial charge in [0.15, 0.2) is 28.2 Å². The highest BCUT2D eigenvalue weighted by atomic mass is 31.2. The molecule has 2 N–H and O–H groups in total. The lowest BCUT2D eigenvalue weighted by molar-refractivity contribution is -0.442. The fourth-order valence-corrected chi connectivity index (χ4v) is 36.3. The van der Waals surface area contributed by atoms with E-state index in [-0.39, 0.29) is 0 Å². The molecule has 684 valence electrons. The highest BCUT2D eigenvalue weighted by molar-refractivity contribution is 7.80. The third-order valence-corrected chi connectivity index (χ3v) is 44.8. The van der Waals surface area contributed by atoms with Gasteiger partial charge < -0.3 is 28.9 Å². The number of aromatic nitrogens is 4. The topological polar surface area (TPSA) is 106 Å². The average molecular weight is 1890 g/mol. The van der Waals surface area contributed by atoms with Gasteiger partial charge in [0.05, 0.1) is 73.9 Å². The number of hydrogen-bond acceptors (Lipinski definition) is 6. The van der Waals surface area contributed by atoms with E-state index in [0.717, 1.165) is 118 Å². The zero-order chi connectivity index (χ0) is 94.4. The Labute approximate surface area is 816 Å². The van der Waals surface area contributed by atoms with E-state index in [9.17, 15) is 0 Å². The first-order chi connectivity index (χ1) is 68.5. The number of aromatic amines is 2. The molecule has 0 saturated heterocycles. The monoisotopic (exact) mass is 1890 g/mol. The molecule has 2 aliphatic rings. The summed E-state index contributed by atoms with van der Waals surface area (Å²) in [5, 5.41) is 10.1. The molecule has 0 fully saturated rings. The van der Waals surface area contributed by atoms with Gasteiger partial charge in [0.25, 0.3) is 0 Å². The molecule has 0 saturated carbocycles. The quantitative estimate of drug-likeness (QED) is 0.0419. The number of H-pyrrole nitrogens is 2. The van der Waals surface area contributed by atoms with Crippen molar-refractivity contribution in [3.63, 3.8) is 0 Å². The fourth-order valence-electron chi connectivity index (χ4n) is 20.4. The Balaban J connectivity index is 0.810. The summed E-state index contributed by atoms with van der Waals surface area (Å²) in [4.78, 5) is 20.4. The van der Waals surface area contributed by atoms with E-state index in [2.05, 4.69) is 542 Å². The average Bonchev–Trinajstić information content (AvgIpc) is 1.57. The van der Waals surface area contributed by atoms with Crippen LogP contribution in [0.4, 0.5) is 17.1 Å². The third-order valence-electron chi connectivity index (χ3n) is 27.1. The van der Waals surface area contributed by atoms with Crippen molar-refractivity contribution in [1.29, 1.82) is 0 Å². The number of nitrogens with zero attached hydrogens (tertiary/aromatic N) is 6. The van der Waals surface area contributed by atoms with Crippen LogP contribution in [0.2, 0.25) is 0 Å². The summed E-state index contributed by atoms with van der Waals surface area (Å²) in [7, 11) is 1.54. The third kappa shape index (κ3) is 18.4. The first-order valence-corrected chi connectivity index (χ1v) is 55.3. The molecule has 5 heterocycles. The smallest absolute Gasteiger partial charge is 0.200 e. The van der Waals surface area contributed by atoms with Gasteiger partial charge >= 0.3 is 0 Å². The largest absolute Gasteiger partial charge is 0.492 e. The molecule has 0 atom stereocenters. The van der Waals surface area contributed by atoms with E-state index in [0.29, 0.717) is 62.2 Å². The van der Waals surface area contributed by atoms with Crippen LogP contribution < -0.4 is 61.4 Å². The Bertz CT molecular complexity index is 7270. The molecular formula is C123H112N8O4P4+4. The fraction of sp³-hybridized carbons (Fsp3) is 0.106. The van der Waals surface area contributed by atoms with Crippen molar-refractivity contribution in [2.75, 3.05) is 86.3 Å². The summed E-state index contributed by atoms with van der Waals surface area (Å²) in [5.74, 6) is 2.85. The maximum Gasteiger partial charge on any atom is 0.200 e. The van der Waals surface area contributed by atoms with E-state index in [1.165, 1.54) is 42.4 Å². The molecule has 3 aromatic heterocycles. The SMILES string of the molecule is C[N+](C)=P(CCOc1ccccc1-c1c2nc(c(-c3ccccc3OCCP(c3ccccc3)(c3ccccc3)=[N+](C)c3ccccc3)c3ccc([nH]3)c(-c3ccccc3OCCP(c3ccccc3)(c3ccccc3)=[N+](C)c3ccccc3)c3nc(c(-c4ccccc4OCCP(c4ccccc4)(c4ccccc4)=[N+](C)c4ccccc4)c4ccc1[nH]4)C=C3)C=C2)(c1ccccc1)c1ccccc1. The molecule has 20 rings (SSSR count). The van der Waals surface area contributed by atoms with Gasteiger partial charge in [0, 0.05) is 145 Å². The number of para-hydroxylation sites is 7. The minimum Gasteiger partial charge on any atom is -0.492 e. The van der Waals surface area contributed by atoms with Crippen LogP contribution in [0.15, 0.2) is 455 Å². The summed E-state index contributed by atoms with van der Waals surface area (Å²) in [6.45, 7) is 1.54. The van der Waals surface area contributed by atoms with Gasteiger partial charge in [-0.15, -0.1) is 0 Å². The summed E-state index contributed by atoms with van der Waals surface area (Å²) >= 11 is 0. The number of benzene rings is 15. The molecule has 0 spiro atoms. The van der Waals surface area contributed by atoms with Crippen molar-refractivity contribution in [2.45, 2.75) is 0 Å². The number of rotatable bonds is 31. The minimum atomic E-state index is -2.48. The second kappa shape index (κ2) is 41.9. The first-order valence-electron chi connectivity index (χ1n) is 47.6. The van der Waals surface area contributed by atoms with E-state index in [1.807, 2.05) is 0 Å².